The third kappa shape index (κ3) is 6.18. The van der Waals surface area contributed by atoms with E-state index in [2.05, 4.69) is 270 Å². The van der Waals surface area contributed by atoms with E-state index in [1.54, 1.807) is 0 Å². The van der Waals surface area contributed by atoms with Gasteiger partial charge in [-0.25, -0.2) is 0 Å². The van der Waals surface area contributed by atoms with E-state index in [9.17, 15) is 0 Å². The minimum absolute atomic E-state index is 0.0873. The second-order valence-corrected chi connectivity index (χ2v) is 21.0. The maximum atomic E-state index is 2.48. The maximum absolute atomic E-state index is 2.48. The number of hydrogen-bond acceptors (Lipinski definition) is 2. The van der Waals surface area contributed by atoms with Crippen molar-refractivity contribution in [1.29, 1.82) is 0 Å². The molecule has 0 amide bonds. The number of rotatable bonds is 5. The molecular formula is C67H54N2. The molecule has 0 saturated heterocycles. The fourth-order valence-corrected chi connectivity index (χ4v) is 12.3. The Bertz CT molecular complexity index is 3690. The summed E-state index contributed by atoms with van der Waals surface area (Å²) in [4.78, 5) is 4.92. The Labute approximate surface area is 406 Å². The van der Waals surface area contributed by atoms with E-state index < -0.39 is 0 Å². The van der Waals surface area contributed by atoms with E-state index in [4.69, 9.17) is 0 Å². The molecule has 1 aliphatic carbocycles. The maximum Gasteiger partial charge on any atom is 0.0502 e. The Morgan fingerprint density at radius 3 is 1.35 bits per heavy atom. The molecule has 2 heterocycles. The standard InChI is InChI=1S/C67H54N2/c1-65(2)55-19-9-13-23-61(55)68(62-24-14-10-20-56(62)65)48-34-32-45-40-47(31-30-46(45)41-48)51-37-33-44(50-17-7-8-18-52(50)51)29-27-43-28-36-53-54-38-35-49(42-60(54)67(5,6)59(53)39-43)69-63-25-15-11-21-57(63)66(3,4)58-22-12-16-26-64(58)69/h7-42H,1-6H3/b29-27+. The van der Waals surface area contributed by atoms with Gasteiger partial charge in [0, 0.05) is 27.6 Å². The van der Waals surface area contributed by atoms with Crippen LogP contribution in [-0.2, 0) is 16.2 Å². The molecule has 0 saturated carbocycles. The predicted octanol–water partition coefficient (Wildman–Crippen LogP) is 18.4. The van der Waals surface area contributed by atoms with Crippen molar-refractivity contribution in [3.63, 3.8) is 0 Å². The largest absolute Gasteiger partial charge is 0.310 e. The Hall–Kier alpha value is -7.94. The lowest BCUT2D eigenvalue weighted by Gasteiger charge is -2.42. The Kier molecular flexibility index (Phi) is 8.99. The second kappa shape index (κ2) is 15.0. The molecule has 0 aromatic heterocycles. The molecule has 2 heteroatoms. The summed E-state index contributed by atoms with van der Waals surface area (Å²) in [6, 6.07) is 77.1. The smallest absolute Gasteiger partial charge is 0.0502 e. The fourth-order valence-electron chi connectivity index (χ4n) is 12.3. The van der Waals surface area contributed by atoms with E-state index in [0.29, 0.717) is 0 Å². The van der Waals surface area contributed by atoms with Crippen LogP contribution in [0.25, 0.3) is 56.0 Å². The predicted molar refractivity (Wildman–Crippen MR) is 293 cm³/mol. The van der Waals surface area contributed by atoms with Crippen molar-refractivity contribution < 1.29 is 0 Å². The number of benzene rings is 10. The first kappa shape index (κ1) is 41.3. The third-order valence-electron chi connectivity index (χ3n) is 16.0. The lowest BCUT2D eigenvalue weighted by Crippen LogP contribution is -2.30. The van der Waals surface area contributed by atoms with E-state index in [0.717, 1.165) is 0 Å². The number of fused-ring (bicyclic) bond motifs is 9. The van der Waals surface area contributed by atoms with Crippen molar-refractivity contribution in [2.24, 2.45) is 0 Å². The zero-order chi connectivity index (χ0) is 46.8. The van der Waals surface area contributed by atoms with Crippen LogP contribution in [0, 0.1) is 0 Å². The van der Waals surface area contributed by atoms with Gasteiger partial charge in [-0.05, 0) is 143 Å². The van der Waals surface area contributed by atoms with Crippen molar-refractivity contribution in [1.82, 2.24) is 0 Å². The molecule has 13 rings (SSSR count). The molecule has 2 aliphatic heterocycles. The van der Waals surface area contributed by atoms with Crippen molar-refractivity contribution in [2.75, 3.05) is 9.80 Å². The first-order valence-electron chi connectivity index (χ1n) is 24.5. The van der Waals surface area contributed by atoms with Gasteiger partial charge in [-0.2, -0.15) is 0 Å². The molecule has 332 valence electrons. The Morgan fingerprint density at radius 2 is 0.754 bits per heavy atom. The highest BCUT2D eigenvalue weighted by Crippen LogP contribution is 2.56. The van der Waals surface area contributed by atoms with Crippen LogP contribution in [0.2, 0.25) is 0 Å². The molecule has 0 bridgehead atoms. The fraction of sp³-hybridized carbons (Fsp3) is 0.134. The summed E-state index contributed by atoms with van der Waals surface area (Å²) in [5.74, 6) is 0. The summed E-state index contributed by atoms with van der Waals surface area (Å²) < 4.78 is 0. The van der Waals surface area contributed by atoms with Crippen LogP contribution in [0.3, 0.4) is 0 Å². The van der Waals surface area contributed by atoms with Crippen molar-refractivity contribution in [2.45, 2.75) is 57.8 Å². The highest BCUT2D eigenvalue weighted by Gasteiger charge is 2.40. The lowest BCUT2D eigenvalue weighted by atomic mass is 9.73. The summed E-state index contributed by atoms with van der Waals surface area (Å²) >= 11 is 0. The van der Waals surface area contributed by atoms with Crippen LogP contribution in [-0.4, -0.2) is 0 Å². The molecule has 2 nitrogen and oxygen atoms in total. The van der Waals surface area contributed by atoms with Crippen LogP contribution < -0.4 is 9.80 Å². The molecule has 10 aromatic rings. The molecule has 0 unspecified atom stereocenters. The SMILES string of the molecule is CC1(C)c2cc(/C=C/c3ccc(-c4ccc5cc(N6c7ccccc7C(C)(C)c7ccccc76)ccc5c4)c4ccccc34)ccc2-c2ccc(N3c4ccccc4C(C)(C)c4ccccc43)cc21. The van der Waals surface area contributed by atoms with Gasteiger partial charge in [0.1, 0.15) is 0 Å². The van der Waals surface area contributed by atoms with Gasteiger partial charge in [0.05, 0.1) is 22.7 Å². The van der Waals surface area contributed by atoms with Gasteiger partial charge < -0.3 is 9.80 Å². The quantitative estimate of drug-likeness (QED) is 0.159. The van der Waals surface area contributed by atoms with E-state index in [1.165, 1.54) is 122 Å². The molecule has 0 fully saturated rings. The van der Waals surface area contributed by atoms with Gasteiger partial charge in [0.2, 0.25) is 0 Å². The number of hydrogen-bond donors (Lipinski definition) is 0. The van der Waals surface area contributed by atoms with Crippen LogP contribution in [0.5, 0.6) is 0 Å². The molecule has 0 N–H and O–H groups in total. The zero-order valence-corrected chi connectivity index (χ0v) is 40.2. The normalized spacial score (nSPS) is 15.6. The average Bonchev–Trinajstić information content (AvgIpc) is 3.60. The van der Waals surface area contributed by atoms with Crippen LogP contribution in [0.15, 0.2) is 206 Å². The van der Waals surface area contributed by atoms with Crippen molar-refractivity contribution >= 4 is 67.8 Å². The number of anilines is 6. The molecule has 0 radical (unpaired) electrons. The summed E-state index contributed by atoms with van der Waals surface area (Å²) in [5.41, 5.74) is 22.7. The highest BCUT2D eigenvalue weighted by atomic mass is 15.2. The minimum Gasteiger partial charge on any atom is -0.310 e. The summed E-state index contributed by atoms with van der Waals surface area (Å²) in [7, 11) is 0. The minimum atomic E-state index is -0.171. The van der Waals surface area contributed by atoms with Gasteiger partial charge in [-0.1, -0.05) is 205 Å². The lowest BCUT2D eigenvalue weighted by molar-refractivity contribution is 0.631. The molecule has 3 aliphatic rings. The molecule has 69 heavy (non-hydrogen) atoms. The van der Waals surface area contributed by atoms with E-state index >= 15 is 0 Å². The monoisotopic (exact) mass is 886 g/mol. The number of nitrogens with zero attached hydrogens (tertiary/aromatic N) is 2. The van der Waals surface area contributed by atoms with Crippen LogP contribution >= 0.6 is 0 Å². The Balaban J connectivity index is 0.805. The second-order valence-electron chi connectivity index (χ2n) is 21.0. The van der Waals surface area contributed by atoms with E-state index in [-0.39, 0.29) is 16.2 Å². The molecule has 0 spiro atoms. The van der Waals surface area contributed by atoms with E-state index in [1.807, 2.05) is 0 Å². The van der Waals surface area contributed by atoms with Crippen molar-refractivity contribution in [3.8, 4) is 22.3 Å². The van der Waals surface area contributed by atoms with Crippen LogP contribution in [0.4, 0.5) is 34.1 Å². The summed E-state index contributed by atoms with van der Waals surface area (Å²) in [6.07, 6.45) is 4.59. The Morgan fingerprint density at radius 1 is 0.319 bits per heavy atom. The van der Waals surface area contributed by atoms with Gasteiger partial charge >= 0.3 is 0 Å². The third-order valence-corrected chi connectivity index (χ3v) is 16.0. The molecule has 10 aromatic carbocycles. The summed E-state index contributed by atoms with van der Waals surface area (Å²) in [6.45, 7) is 14.2. The first-order chi connectivity index (χ1) is 33.5. The topological polar surface area (TPSA) is 6.48 Å². The number of para-hydroxylation sites is 4. The average molecular weight is 887 g/mol. The van der Waals surface area contributed by atoms with Gasteiger partial charge in [0.25, 0.3) is 0 Å². The zero-order valence-electron chi connectivity index (χ0n) is 40.2. The van der Waals surface area contributed by atoms with Gasteiger partial charge in [-0.3, -0.25) is 0 Å². The van der Waals surface area contributed by atoms with Gasteiger partial charge in [-0.15, -0.1) is 0 Å². The first-order valence-corrected chi connectivity index (χ1v) is 24.5. The van der Waals surface area contributed by atoms with Crippen LogP contribution in [0.1, 0.15) is 86.1 Å². The molecule has 0 atom stereocenters. The molecular weight excluding hydrogens is 833 g/mol. The summed E-state index contributed by atoms with van der Waals surface area (Å²) in [5, 5.41) is 4.96. The van der Waals surface area contributed by atoms with Gasteiger partial charge in [0.15, 0.2) is 0 Å². The highest BCUT2D eigenvalue weighted by molar-refractivity contribution is 6.04. The van der Waals surface area contributed by atoms with Crippen molar-refractivity contribution in [3.05, 3.63) is 251 Å².